The predicted molar refractivity (Wildman–Crippen MR) is 38.0 cm³/mol. The second-order valence-corrected chi connectivity index (χ2v) is 2.11. The van der Waals surface area contributed by atoms with Crippen molar-refractivity contribution in [2.75, 3.05) is 0 Å². The van der Waals surface area contributed by atoms with Gasteiger partial charge in [-0.15, -0.1) is 0 Å². The summed E-state index contributed by atoms with van der Waals surface area (Å²) in [6.07, 6.45) is 1.28. The highest BCUT2D eigenvalue weighted by molar-refractivity contribution is 6.34. The van der Waals surface area contributed by atoms with Gasteiger partial charge in [-0.05, 0) is 6.92 Å². The molecule has 5 nitrogen and oxygen atoms in total. The number of carbonyl (C=O) groups is 2. The van der Waals surface area contributed by atoms with Crippen molar-refractivity contribution >= 4 is 23.8 Å². The highest BCUT2D eigenvalue weighted by atomic mass is 16.4. The standard InChI is InChI=1S/C6H6N2O3/c1-3-2-7-4(6(10)11)5(9)8-3/h2,4H,1H3,(H,10,11). The third-order valence-electron chi connectivity index (χ3n) is 1.16. The minimum atomic E-state index is -1.33. The zero-order valence-corrected chi connectivity index (χ0v) is 5.81. The summed E-state index contributed by atoms with van der Waals surface area (Å²) in [5.74, 6) is -1.97. The zero-order chi connectivity index (χ0) is 8.43. The Morgan fingerprint density at radius 3 is 2.82 bits per heavy atom. The summed E-state index contributed by atoms with van der Waals surface area (Å²) >= 11 is 0. The van der Waals surface area contributed by atoms with Crippen LogP contribution < -0.4 is 0 Å². The molecule has 1 rings (SSSR count). The van der Waals surface area contributed by atoms with E-state index < -0.39 is 17.9 Å². The molecular formula is C6H6N2O3. The Labute approximate surface area is 62.5 Å². The minimum absolute atomic E-state index is 0.438. The van der Waals surface area contributed by atoms with Crippen molar-refractivity contribution in [3.63, 3.8) is 0 Å². The maximum atomic E-state index is 10.8. The normalized spacial score (nSPS) is 23.2. The Bertz CT molecular complexity index is 267. The SMILES string of the molecule is CC1=NC(=O)C(C(=O)O)N=C1. The lowest BCUT2D eigenvalue weighted by atomic mass is 10.2. The van der Waals surface area contributed by atoms with Crippen molar-refractivity contribution in [1.29, 1.82) is 0 Å². The number of carboxylic acids is 1. The molecule has 5 heteroatoms. The Morgan fingerprint density at radius 2 is 2.36 bits per heavy atom. The first-order valence-electron chi connectivity index (χ1n) is 2.96. The van der Waals surface area contributed by atoms with E-state index in [1.165, 1.54) is 6.21 Å². The summed E-state index contributed by atoms with van der Waals surface area (Å²) in [7, 11) is 0. The molecule has 58 valence electrons. The molecule has 1 N–H and O–H groups in total. The predicted octanol–water partition coefficient (Wildman–Crippen LogP) is -0.488. The van der Waals surface area contributed by atoms with Crippen LogP contribution in [0.1, 0.15) is 6.92 Å². The molecule has 0 saturated heterocycles. The Hall–Kier alpha value is -1.52. The van der Waals surface area contributed by atoms with E-state index in [4.69, 9.17) is 5.11 Å². The maximum Gasteiger partial charge on any atom is 0.338 e. The molecule has 0 radical (unpaired) electrons. The van der Waals surface area contributed by atoms with Crippen molar-refractivity contribution < 1.29 is 14.7 Å². The molecule has 0 fully saturated rings. The van der Waals surface area contributed by atoms with E-state index in [-0.39, 0.29) is 0 Å². The fourth-order valence-corrected chi connectivity index (χ4v) is 0.679. The number of aliphatic carboxylic acids is 1. The summed E-state index contributed by atoms with van der Waals surface area (Å²) in [5, 5.41) is 8.39. The van der Waals surface area contributed by atoms with Crippen molar-refractivity contribution in [3.05, 3.63) is 0 Å². The van der Waals surface area contributed by atoms with Crippen LogP contribution in [-0.4, -0.2) is 35.0 Å². The zero-order valence-electron chi connectivity index (χ0n) is 5.81. The third kappa shape index (κ3) is 1.49. The average Bonchev–Trinajstić information content (AvgIpc) is 1.85. The van der Waals surface area contributed by atoms with Crippen LogP contribution in [0.3, 0.4) is 0 Å². The first-order chi connectivity index (χ1) is 5.11. The van der Waals surface area contributed by atoms with E-state index >= 15 is 0 Å². The second kappa shape index (κ2) is 2.61. The van der Waals surface area contributed by atoms with Crippen LogP contribution in [0.15, 0.2) is 9.98 Å². The number of hydrogen-bond donors (Lipinski definition) is 1. The monoisotopic (exact) mass is 154 g/mol. The number of nitrogens with zero attached hydrogens (tertiary/aromatic N) is 2. The summed E-state index contributed by atoms with van der Waals surface area (Å²) in [5.41, 5.74) is 0.438. The molecule has 1 atom stereocenters. The van der Waals surface area contributed by atoms with Gasteiger partial charge < -0.3 is 5.11 Å². The van der Waals surface area contributed by atoms with Crippen molar-refractivity contribution in [3.8, 4) is 0 Å². The fraction of sp³-hybridized carbons (Fsp3) is 0.333. The van der Waals surface area contributed by atoms with Crippen LogP contribution in [0.2, 0.25) is 0 Å². The van der Waals surface area contributed by atoms with Gasteiger partial charge in [-0.25, -0.2) is 9.79 Å². The first-order valence-corrected chi connectivity index (χ1v) is 2.96. The van der Waals surface area contributed by atoms with Crippen molar-refractivity contribution in [1.82, 2.24) is 0 Å². The van der Waals surface area contributed by atoms with Gasteiger partial charge in [0.2, 0.25) is 6.04 Å². The first kappa shape index (κ1) is 7.59. The molecule has 0 aromatic heterocycles. The molecule has 1 heterocycles. The Kier molecular flexibility index (Phi) is 1.80. The van der Waals surface area contributed by atoms with Gasteiger partial charge >= 0.3 is 5.97 Å². The van der Waals surface area contributed by atoms with E-state index in [9.17, 15) is 9.59 Å². The number of carboxylic acid groups (broad SMARTS) is 1. The molecule has 0 bridgehead atoms. The van der Waals surface area contributed by atoms with E-state index in [1.807, 2.05) is 0 Å². The van der Waals surface area contributed by atoms with Gasteiger partial charge in [0.1, 0.15) is 0 Å². The topological polar surface area (TPSA) is 79.1 Å². The van der Waals surface area contributed by atoms with Gasteiger partial charge in [0.25, 0.3) is 5.91 Å². The Balaban J connectivity index is 2.86. The number of rotatable bonds is 1. The third-order valence-corrected chi connectivity index (χ3v) is 1.16. The van der Waals surface area contributed by atoms with Gasteiger partial charge in [0, 0.05) is 6.21 Å². The molecule has 1 aliphatic rings. The molecule has 11 heavy (non-hydrogen) atoms. The van der Waals surface area contributed by atoms with Crippen LogP contribution >= 0.6 is 0 Å². The fourth-order valence-electron chi connectivity index (χ4n) is 0.679. The lowest BCUT2D eigenvalue weighted by molar-refractivity contribution is -0.141. The molecule has 0 aliphatic carbocycles. The highest BCUT2D eigenvalue weighted by Crippen LogP contribution is 1.99. The molecule has 0 spiro atoms. The smallest absolute Gasteiger partial charge is 0.338 e. The molecule has 1 aliphatic heterocycles. The number of amides is 1. The maximum absolute atomic E-state index is 10.8. The molecule has 1 amide bonds. The molecule has 0 aromatic rings. The largest absolute Gasteiger partial charge is 0.479 e. The van der Waals surface area contributed by atoms with Crippen LogP contribution in [-0.2, 0) is 9.59 Å². The van der Waals surface area contributed by atoms with Crippen LogP contribution in [0.5, 0.6) is 0 Å². The van der Waals surface area contributed by atoms with E-state index in [2.05, 4.69) is 9.98 Å². The van der Waals surface area contributed by atoms with E-state index in [0.717, 1.165) is 0 Å². The van der Waals surface area contributed by atoms with Crippen LogP contribution in [0.4, 0.5) is 0 Å². The molecule has 0 saturated carbocycles. The quantitative estimate of drug-likeness (QED) is 0.517. The highest BCUT2D eigenvalue weighted by Gasteiger charge is 2.26. The second-order valence-electron chi connectivity index (χ2n) is 2.11. The van der Waals surface area contributed by atoms with Gasteiger partial charge in [-0.3, -0.25) is 9.79 Å². The van der Waals surface area contributed by atoms with Gasteiger partial charge in [0.15, 0.2) is 0 Å². The van der Waals surface area contributed by atoms with E-state index in [1.54, 1.807) is 6.92 Å². The Morgan fingerprint density at radius 1 is 1.73 bits per heavy atom. The average molecular weight is 154 g/mol. The van der Waals surface area contributed by atoms with Gasteiger partial charge in [-0.1, -0.05) is 0 Å². The van der Waals surface area contributed by atoms with Crippen LogP contribution in [0, 0.1) is 0 Å². The lowest BCUT2D eigenvalue weighted by Crippen LogP contribution is -2.30. The summed E-state index contributed by atoms with van der Waals surface area (Å²) < 4.78 is 0. The molecule has 1 unspecified atom stereocenters. The van der Waals surface area contributed by atoms with E-state index in [0.29, 0.717) is 5.71 Å². The van der Waals surface area contributed by atoms with Crippen LogP contribution in [0.25, 0.3) is 0 Å². The molecular weight excluding hydrogens is 148 g/mol. The number of aliphatic imine (C=N–C) groups is 2. The molecule has 0 aromatic carbocycles. The summed E-state index contributed by atoms with van der Waals surface area (Å²) in [6, 6.07) is -1.33. The van der Waals surface area contributed by atoms with Gasteiger partial charge in [0.05, 0.1) is 5.71 Å². The van der Waals surface area contributed by atoms with Crippen molar-refractivity contribution in [2.45, 2.75) is 13.0 Å². The summed E-state index contributed by atoms with van der Waals surface area (Å²) in [4.78, 5) is 28.0. The minimum Gasteiger partial charge on any atom is -0.479 e. The summed E-state index contributed by atoms with van der Waals surface area (Å²) in [6.45, 7) is 1.58. The number of hydrogen-bond acceptors (Lipinski definition) is 3. The van der Waals surface area contributed by atoms with Gasteiger partial charge in [-0.2, -0.15) is 0 Å². The lowest BCUT2D eigenvalue weighted by Gasteiger charge is -2.06. The van der Waals surface area contributed by atoms with Crippen molar-refractivity contribution in [2.24, 2.45) is 9.98 Å². The number of carbonyl (C=O) groups excluding carboxylic acids is 1.